The number of para-hydroxylation sites is 1. The minimum atomic E-state index is -4.28. The van der Waals surface area contributed by atoms with E-state index >= 15 is 4.39 Å². The topological polar surface area (TPSA) is 201 Å². The van der Waals surface area contributed by atoms with Crippen molar-refractivity contribution in [3.05, 3.63) is 63.5 Å². The molecular formula is C22H28FN6O8P. The van der Waals surface area contributed by atoms with Crippen LogP contribution >= 0.6 is 7.60 Å². The molecule has 3 rings (SSSR count). The van der Waals surface area contributed by atoms with Gasteiger partial charge >= 0.3 is 19.3 Å². The van der Waals surface area contributed by atoms with E-state index < -0.39 is 68.3 Å². The number of anilines is 1. The number of alkyl halides is 1. The molecule has 1 fully saturated rings. The Morgan fingerprint density at radius 2 is 2.05 bits per heavy atom. The molecule has 0 aliphatic carbocycles. The fourth-order valence-electron chi connectivity index (χ4n) is 3.60. The van der Waals surface area contributed by atoms with E-state index in [4.69, 9.17) is 29.8 Å². The van der Waals surface area contributed by atoms with Crippen molar-refractivity contribution in [2.75, 3.05) is 18.5 Å². The number of benzene rings is 1. The van der Waals surface area contributed by atoms with Crippen molar-refractivity contribution >= 4 is 19.4 Å². The molecule has 1 aliphatic rings. The first-order valence-corrected chi connectivity index (χ1v) is 13.2. The molecule has 14 nitrogen and oxygen atoms in total. The summed E-state index contributed by atoms with van der Waals surface area (Å²) in [6, 6.07) is 9.09. The zero-order chi connectivity index (χ0) is 28.1. The van der Waals surface area contributed by atoms with E-state index in [1.165, 1.54) is 25.1 Å². The van der Waals surface area contributed by atoms with Crippen LogP contribution in [0.5, 0.6) is 5.75 Å². The number of azide groups is 1. The summed E-state index contributed by atoms with van der Waals surface area (Å²) in [6.45, 7) is 3.74. The summed E-state index contributed by atoms with van der Waals surface area (Å²) in [5, 5.41) is 13.9. The third-order valence-corrected chi connectivity index (χ3v) is 7.40. The van der Waals surface area contributed by atoms with Crippen LogP contribution in [0.15, 0.2) is 52.5 Å². The van der Waals surface area contributed by atoms with E-state index in [0.717, 1.165) is 10.8 Å². The largest absolute Gasteiger partial charge is 0.463 e. The maximum absolute atomic E-state index is 15.4. The molecule has 0 spiro atoms. The molecule has 0 saturated carbocycles. The number of hydrogen-bond donors (Lipinski definition) is 2. The Morgan fingerprint density at radius 3 is 2.66 bits per heavy atom. The van der Waals surface area contributed by atoms with Gasteiger partial charge in [-0.05, 0) is 37.6 Å². The minimum Gasteiger partial charge on any atom is -0.463 e. The van der Waals surface area contributed by atoms with Gasteiger partial charge in [-0.2, -0.15) is 4.98 Å². The summed E-state index contributed by atoms with van der Waals surface area (Å²) in [5.74, 6) is -1.63. The number of ether oxygens (including phenoxy) is 2. The van der Waals surface area contributed by atoms with Crippen molar-refractivity contribution in [2.45, 2.75) is 51.1 Å². The molecule has 1 aromatic heterocycles. The quantitative estimate of drug-likeness (QED) is 0.137. The first-order chi connectivity index (χ1) is 17.9. The Bertz CT molecular complexity index is 1290. The SMILES string of the molecule is CC(C)OC(=O)[C@H](C)CP(=O)(OC[C@@]1(N=[N+]=[N-])O[C@@H](n2ccc(N)nc2=O)[C@H](O)[C@@H]1F)Oc1ccccc1. The summed E-state index contributed by atoms with van der Waals surface area (Å²) >= 11 is 0. The number of halogens is 1. The molecule has 206 valence electrons. The Labute approximate surface area is 216 Å². The van der Waals surface area contributed by atoms with Crippen LogP contribution in [0.3, 0.4) is 0 Å². The maximum Gasteiger partial charge on any atom is 0.380 e. The van der Waals surface area contributed by atoms with Crippen LogP contribution in [0, 0.1) is 5.92 Å². The Hall–Kier alpha value is -3.48. The van der Waals surface area contributed by atoms with Crippen molar-refractivity contribution in [1.29, 1.82) is 0 Å². The zero-order valence-electron chi connectivity index (χ0n) is 20.8. The molecule has 0 amide bonds. The first kappa shape index (κ1) is 29.1. The predicted octanol–water partition coefficient (Wildman–Crippen LogP) is 2.94. The van der Waals surface area contributed by atoms with Gasteiger partial charge in [0.05, 0.1) is 24.8 Å². The number of rotatable bonds is 11. The lowest BCUT2D eigenvalue weighted by Crippen LogP contribution is -2.42. The van der Waals surface area contributed by atoms with E-state index in [0.29, 0.717) is 0 Å². The smallest absolute Gasteiger partial charge is 0.380 e. The number of carbonyl (C=O) groups excluding carboxylic acids is 1. The molecule has 1 saturated heterocycles. The molecule has 16 heteroatoms. The monoisotopic (exact) mass is 554 g/mol. The van der Waals surface area contributed by atoms with Crippen molar-refractivity contribution in [3.63, 3.8) is 0 Å². The highest BCUT2D eigenvalue weighted by Gasteiger charge is 2.57. The number of aromatic nitrogens is 2. The normalized spacial score (nSPS) is 25.3. The predicted molar refractivity (Wildman–Crippen MR) is 132 cm³/mol. The summed E-state index contributed by atoms with van der Waals surface area (Å²) in [6.07, 6.45) is -5.93. The van der Waals surface area contributed by atoms with E-state index in [1.54, 1.807) is 32.0 Å². The fraction of sp³-hybridized carbons (Fsp3) is 0.500. The van der Waals surface area contributed by atoms with Crippen LogP contribution < -0.4 is 15.9 Å². The van der Waals surface area contributed by atoms with Gasteiger partial charge in [-0.25, -0.2) is 13.8 Å². The molecule has 0 radical (unpaired) electrons. The van der Waals surface area contributed by atoms with Gasteiger partial charge in [0.1, 0.15) is 17.7 Å². The Morgan fingerprint density at radius 1 is 1.37 bits per heavy atom. The van der Waals surface area contributed by atoms with Gasteiger partial charge in [0.25, 0.3) is 0 Å². The molecule has 1 unspecified atom stereocenters. The van der Waals surface area contributed by atoms with E-state index in [9.17, 15) is 19.3 Å². The summed E-state index contributed by atoms with van der Waals surface area (Å²) in [4.78, 5) is 30.7. The highest BCUT2D eigenvalue weighted by molar-refractivity contribution is 7.54. The van der Waals surface area contributed by atoms with Crippen LogP contribution in [-0.2, 0) is 23.4 Å². The van der Waals surface area contributed by atoms with Gasteiger partial charge in [0.2, 0.25) is 5.72 Å². The third-order valence-electron chi connectivity index (χ3n) is 5.39. The molecule has 3 N–H and O–H groups in total. The van der Waals surface area contributed by atoms with Gasteiger partial charge < -0.3 is 24.8 Å². The second-order valence-electron chi connectivity index (χ2n) is 8.84. The van der Waals surface area contributed by atoms with Crippen LogP contribution in [0.2, 0.25) is 0 Å². The zero-order valence-corrected chi connectivity index (χ0v) is 21.7. The minimum absolute atomic E-state index is 0.121. The van der Waals surface area contributed by atoms with Crippen molar-refractivity contribution in [2.24, 2.45) is 11.0 Å². The highest BCUT2D eigenvalue weighted by atomic mass is 31.2. The number of esters is 1. The maximum atomic E-state index is 15.4. The second kappa shape index (κ2) is 11.9. The van der Waals surface area contributed by atoms with Gasteiger partial charge in [-0.1, -0.05) is 30.2 Å². The van der Waals surface area contributed by atoms with Gasteiger partial charge in [-0.3, -0.25) is 13.9 Å². The summed E-state index contributed by atoms with van der Waals surface area (Å²) in [5.41, 5.74) is 11.1. The lowest BCUT2D eigenvalue weighted by molar-refractivity contribution is -0.151. The number of nitrogens with two attached hydrogens (primary N) is 1. The summed E-state index contributed by atoms with van der Waals surface area (Å²) in [7, 11) is -4.28. The highest BCUT2D eigenvalue weighted by Crippen LogP contribution is 2.52. The van der Waals surface area contributed by atoms with Crippen LogP contribution in [-0.4, -0.2) is 57.5 Å². The van der Waals surface area contributed by atoms with E-state index in [-0.39, 0.29) is 11.6 Å². The molecule has 0 bridgehead atoms. The Balaban J connectivity index is 1.90. The average molecular weight is 554 g/mol. The summed E-state index contributed by atoms with van der Waals surface area (Å²) < 4.78 is 51.8. The molecular weight excluding hydrogens is 526 g/mol. The number of nitrogen functional groups attached to an aromatic ring is 1. The van der Waals surface area contributed by atoms with E-state index in [2.05, 4.69) is 15.0 Å². The third kappa shape index (κ3) is 6.69. The number of hydrogen-bond acceptors (Lipinski definition) is 11. The number of aliphatic hydroxyl groups is 1. The van der Waals surface area contributed by atoms with Gasteiger partial charge in [0, 0.05) is 11.1 Å². The number of carbonyl (C=O) groups is 1. The molecule has 2 aromatic rings. The fourth-order valence-corrected chi connectivity index (χ4v) is 5.48. The lowest BCUT2D eigenvalue weighted by Gasteiger charge is -2.28. The van der Waals surface area contributed by atoms with Crippen LogP contribution in [0.25, 0.3) is 10.4 Å². The average Bonchev–Trinajstić information content (AvgIpc) is 3.09. The molecule has 1 aromatic carbocycles. The lowest BCUT2D eigenvalue weighted by atomic mass is 10.1. The molecule has 38 heavy (non-hydrogen) atoms. The molecule has 1 aliphatic heterocycles. The van der Waals surface area contributed by atoms with Crippen molar-refractivity contribution in [3.8, 4) is 5.75 Å². The van der Waals surface area contributed by atoms with Gasteiger partial charge in [0.15, 0.2) is 12.4 Å². The van der Waals surface area contributed by atoms with Gasteiger partial charge in [-0.15, -0.1) is 0 Å². The van der Waals surface area contributed by atoms with Crippen LogP contribution in [0.1, 0.15) is 27.0 Å². The first-order valence-electron chi connectivity index (χ1n) is 11.5. The van der Waals surface area contributed by atoms with Crippen LogP contribution in [0.4, 0.5) is 10.2 Å². The number of aliphatic hydroxyl groups excluding tert-OH is 1. The molecule has 6 atom stereocenters. The van der Waals surface area contributed by atoms with Crippen molar-refractivity contribution < 1.29 is 37.4 Å². The Kier molecular flexibility index (Phi) is 9.13. The number of nitrogens with zero attached hydrogens (tertiary/aromatic N) is 5. The van der Waals surface area contributed by atoms with Crippen molar-refractivity contribution in [1.82, 2.24) is 9.55 Å². The van der Waals surface area contributed by atoms with E-state index in [1.807, 2.05) is 0 Å². The second-order valence-corrected chi connectivity index (χ2v) is 10.9. The standard InChI is InChI=1S/C22H28FN6O8P/c1-13(2)35-20(31)14(3)11-38(33,37-15-7-5-4-6-8-15)34-12-22(27-28-25)18(23)17(30)19(36-22)29-10-9-16(24)26-21(29)32/h4-10,13-14,17-19,30H,11-12H2,1-3H3,(H2,24,26,32)/t14-,17-,18+,19-,22-,38?/m1/s1. The molecule has 2 heterocycles.